The van der Waals surface area contributed by atoms with Crippen LogP contribution in [0.2, 0.25) is 0 Å². The van der Waals surface area contributed by atoms with Crippen LogP contribution in [0.25, 0.3) is 0 Å². The van der Waals surface area contributed by atoms with Crippen molar-refractivity contribution in [3.05, 3.63) is 205 Å². The molecule has 0 saturated heterocycles. The largest absolute Gasteiger partial charge is 0.493 e. The van der Waals surface area contributed by atoms with Gasteiger partial charge in [-0.25, -0.2) is 18.3 Å². The van der Waals surface area contributed by atoms with Gasteiger partial charge in [0, 0.05) is 98.8 Å². The number of pyridine rings is 4. The van der Waals surface area contributed by atoms with E-state index < -0.39 is 0 Å². The van der Waals surface area contributed by atoms with E-state index in [1.165, 1.54) is 128 Å². The summed E-state index contributed by atoms with van der Waals surface area (Å²) >= 11 is 0. The molecule has 0 aliphatic carbocycles. The van der Waals surface area contributed by atoms with Gasteiger partial charge in [-0.3, -0.25) is 9.98 Å². The summed E-state index contributed by atoms with van der Waals surface area (Å²) in [5, 5.41) is 0. The summed E-state index contributed by atoms with van der Waals surface area (Å²) in [6, 6.07) is 46.2. The summed E-state index contributed by atoms with van der Waals surface area (Å²) in [5.41, 5.74) is 4.28. The molecule has 0 unspecified atom stereocenters. The molecule has 7 aromatic rings. The molecule has 4 heterocycles. The lowest BCUT2D eigenvalue weighted by Crippen LogP contribution is -2.32. The lowest BCUT2D eigenvalue weighted by atomic mass is 10.1. The van der Waals surface area contributed by atoms with E-state index in [-0.39, 0.29) is 0 Å². The molecule has 0 bridgehead atoms. The molecule has 0 aliphatic heterocycles. The first-order valence-electron chi connectivity index (χ1n) is 32.4. The van der Waals surface area contributed by atoms with Crippen LogP contribution in [0.4, 0.5) is 0 Å². The Morgan fingerprint density at radius 3 is 0.738 bits per heavy atom. The highest BCUT2D eigenvalue weighted by Gasteiger charge is 2.08. The van der Waals surface area contributed by atoms with E-state index in [0.29, 0.717) is 39.5 Å². The van der Waals surface area contributed by atoms with Crippen LogP contribution in [0, 0.1) is 0 Å². The smallest absolute Gasteiger partial charge is 0.168 e. The quantitative estimate of drug-likeness (QED) is 0.0216. The van der Waals surface area contributed by atoms with Crippen molar-refractivity contribution in [3.63, 3.8) is 0 Å². The number of unbranched alkanes of at least 4 members (excludes halogenated alkanes) is 20. The van der Waals surface area contributed by atoms with E-state index in [9.17, 15) is 0 Å². The lowest BCUT2D eigenvalue weighted by molar-refractivity contribution is -0.697. The van der Waals surface area contributed by atoms with E-state index in [2.05, 4.69) is 189 Å². The third-order valence-corrected chi connectivity index (χ3v) is 15.3. The Morgan fingerprint density at radius 1 is 0.262 bits per heavy atom. The van der Waals surface area contributed by atoms with Crippen molar-refractivity contribution in [2.75, 3.05) is 26.4 Å². The molecular weight excluding hydrogens is 1040 g/mol. The first-order chi connectivity index (χ1) is 41.7. The van der Waals surface area contributed by atoms with Crippen LogP contribution >= 0.6 is 0 Å². The molecule has 10 nitrogen and oxygen atoms in total. The minimum absolute atomic E-state index is 0.580. The van der Waals surface area contributed by atoms with Gasteiger partial charge in [-0.05, 0) is 97.9 Å². The van der Waals surface area contributed by atoms with Crippen LogP contribution < -0.4 is 37.2 Å². The van der Waals surface area contributed by atoms with Gasteiger partial charge in [0.1, 0.15) is 49.2 Å². The average Bonchev–Trinajstić information content (AvgIpc) is 3.63. The monoisotopic (exact) mass is 1140 g/mol. The zero-order valence-electron chi connectivity index (χ0n) is 50.8. The molecule has 446 valence electrons. The molecule has 0 spiro atoms. The topological polar surface area (TPSA) is 77.2 Å². The van der Waals surface area contributed by atoms with Crippen LogP contribution in [0.1, 0.15) is 176 Å². The number of hydrogen-bond acceptors (Lipinski definition) is 6. The number of rotatable bonds is 46. The second-order valence-electron chi connectivity index (χ2n) is 22.6. The first kappa shape index (κ1) is 64.4. The molecule has 0 N–H and O–H groups in total. The molecule has 0 amide bonds. The molecule has 3 aromatic carbocycles. The van der Waals surface area contributed by atoms with Gasteiger partial charge < -0.3 is 18.9 Å². The molecular formula is C74H100N6O4+4. The molecule has 0 radical (unpaired) electrons. The summed E-state index contributed by atoms with van der Waals surface area (Å²) in [7, 11) is 0. The summed E-state index contributed by atoms with van der Waals surface area (Å²) in [5.74, 6) is 3.37. The number of aliphatic imine (C=N–C) groups is 2. The number of hydrogen-bond donors (Lipinski definition) is 0. The minimum atomic E-state index is 0.580. The summed E-state index contributed by atoms with van der Waals surface area (Å²) < 4.78 is 34.5. The number of ether oxygens (including phenoxy) is 4. The number of nitrogens with zero attached hydrogens (tertiary/aromatic N) is 6. The lowest BCUT2D eigenvalue weighted by Gasteiger charge is -2.12. The zero-order valence-corrected chi connectivity index (χ0v) is 50.8. The minimum Gasteiger partial charge on any atom is -0.493 e. The van der Waals surface area contributed by atoms with Crippen molar-refractivity contribution in [2.45, 2.75) is 193 Å². The summed E-state index contributed by atoms with van der Waals surface area (Å²) in [4.78, 5) is 9.78. The van der Waals surface area contributed by atoms with E-state index in [4.69, 9.17) is 28.9 Å². The average molecular weight is 1140 g/mol. The molecule has 0 atom stereocenters. The van der Waals surface area contributed by atoms with Crippen LogP contribution in [0.5, 0.6) is 23.0 Å². The molecule has 0 aliphatic rings. The van der Waals surface area contributed by atoms with Gasteiger partial charge in [-0.15, -0.1) is 0 Å². The van der Waals surface area contributed by atoms with Gasteiger partial charge in [-0.2, -0.15) is 0 Å². The number of aromatic nitrogens is 4. The summed E-state index contributed by atoms with van der Waals surface area (Å²) in [6.07, 6.45) is 49.9. The van der Waals surface area contributed by atoms with E-state index in [0.717, 1.165) is 97.1 Å². The van der Waals surface area contributed by atoms with Crippen molar-refractivity contribution in [1.29, 1.82) is 0 Å². The Bertz CT molecular complexity index is 2470. The van der Waals surface area contributed by atoms with E-state index >= 15 is 0 Å². The van der Waals surface area contributed by atoms with Crippen molar-refractivity contribution in [1.82, 2.24) is 0 Å². The maximum absolute atomic E-state index is 6.36. The molecule has 0 saturated carbocycles. The molecule has 10 heteroatoms. The van der Waals surface area contributed by atoms with Crippen LogP contribution in [0.15, 0.2) is 193 Å². The fourth-order valence-electron chi connectivity index (χ4n) is 10.4. The first-order valence-corrected chi connectivity index (χ1v) is 32.4. The fraction of sp³-hybridized carbons (Fsp3) is 0.459. The van der Waals surface area contributed by atoms with Gasteiger partial charge in [0.05, 0.1) is 39.5 Å². The fourth-order valence-corrected chi connectivity index (χ4v) is 10.4. The Hall–Kier alpha value is -7.20. The van der Waals surface area contributed by atoms with E-state index in [1.54, 1.807) is 0 Å². The van der Waals surface area contributed by atoms with Crippen LogP contribution in [-0.2, 0) is 39.3 Å². The predicted molar refractivity (Wildman–Crippen MR) is 341 cm³/mol. The van der Waals surface area contributed by atoms with Crippen molar-refractivity contribution < 1.29 is 37.2 Å². The standard InChI is InChI=1S/C74H100N6O4/c1(9-21-41-77-45-25-17-26-46-77)5-13-33-53-81-71-57-69(58-72(61-71)82-54-34-14-6-2-10-22-42-78-47-27-18-28-48-78)65-75-63-67-37-39-68(40-38-67)64-76-66-70-59-73(83-55-35-15-7-3-11-23-43-79-49-29-19-30-50-79)62-74(60-70)84-56-36-16-8-4-12-24-44-80-51-31-20-32-52-80/h17-20,25-32,37-40,45-52,57-62,65-66H,1-16,21-24,33-36,41-44,53-56,63-64H2/q+4. The van der Waals surface area contributed by atoms with Gasteiger partial charge in [-0.1, -0.05) is 126 Å². The number of aryl methyl sites for hydroxylation is 4. The van der Waals surface area contributed by atoms with Gasteiger partial charge in [0.25, 0.3) is 0 Å². The third-order valence-electron chi connectivity index (χ3n) is 15.3. The number of benzene rings is 3. The van der Waals surface area contributed by atoms with Crippen molar-refractivity contribution >= 4 is 12.4 Å². The van der Waals surface area contributed by atoms with Gasteiger partial charge in [0.15, 0.2) is 49.6 Å². The normalized spacial score (nSPS) is 11.4. The second kappa shape index (κ2) is 41.7. The van der Waals surface area contributed by atoms with Crippen molar-refractivity contribution in [3.8, 4) is 23.0 Å². The Labute approximate surface area is 505 Å². The van der Waals surface area contributed by atoms with E-state index in [1.807, 2.05) is 24.6 Å². The predicted octanol–water partition coefficient (Wildman–Crippen LogP) is 15.8. The maximum Gasteiger partial charge on any atom is 0.168 e. The molecule has 7 rings (SSSR count). The van der Waals surface area contributed by atoms with Crippen LogP contribution in [0.3, 0.4) is 0 Å². The Kier molecular flexibility index (Phi) is 32.0. The second-order valence-corrected chi connectivity index (χ2v) is 22.6. The molecule has 84 heavy (non-hydrogen) atoms. The highest BCUT2D eigenvalue weighted by atomic mass is 16.5. The van der Waals surface area contributed by atoms with Gasteiger partial charge in [0.2, 0.25) is 0 Å². The summed E-state index contributed by atoms with van der Waals surface area (Å²) in [6.45, 7) is 8.30. The zero-order chi connectivity index (χ0) is 57.8. The highest BCUT2D eigenvalue weighted by molar-refractivity contribution is 5.81. The molecule has 4 aromatic heterocycles. The Balaban J connectivity index is 0.847. The van der Waals surface area contributed by atoms with Crippen molar-refractivity contribution in [2.24, 2.45) is 9.98 Å². The third kappa shape index (κ3) is 28.9. The van der Waals surface area contributed by atoms with Crippen LogP contribution in [-0.4, -0.2) is 38.9 Å². The highest BCUT2D eigenvalue weighted by Crippen LogP contribution is 2.25. The van der Waals surface area contributed by atoms with Gasteiger partial charge >= 0.3 is 0 Å². The Morgan fingerprint density at radius 2 is 0.488 bits per heavy atom. The SMILES string of the molecule is C(=NCc1ccc(CN=Cc2cc(OCCCCCCCC[n+]3ccccc3)cc(OCCCCCCCC[n+]3ccccc3)c2)cc1)c1cc(OCCCCCCCC[n+]2ccccc2)cc(OCCCCCCCC[n+]2ccccc2)c1. The maximum atomic E-state index is 6.36. The molecule has 0 fully saturated rings.